The first-order valence-electron chi connectivity index (χ1n) is 6.44. The summed E-state index contributed by atoms with van der Waals surface area (Å²) in [7, 11) is 0. The van der Waals surface area contributed by atoms with Crippen LogP contribution in [0, 0.1) is 5.41 Å². The van der Waals surface area contributed by atoms with Gasteiger partial charge >= 0.3 is 12.3 Å². The zero-order valence-electron chi connectivity index (χ0n) is 13.2. The maximum absolute atomic E-state index is 13.0. The Hall–Kier alpha value is -1.77. The minimum absolute atomic E-state index is 0.351. The first-order chi connectivity index (χ1) is 9.65. The van der Waals surface area contributed by atoms with Crippen molar-refractivity contribution in [2.75, 3.05) is 6.54 Å². The molecule has 1 amide bonds. The zero-order valence-corrected chi connectivity index (χ0v) is 13.2. The van der Waals surface area contributed by atoms with Crippen LogP contribution in [0.25, 0.3) is 0 Å². The Kier molecular flexibility index (Phi) is 6.43. The summed E-state index contributed by atoms with van der Waals surface area (Å²) < 4.78 is 43.9. The molecule has 0 fully saturated rings. The molecule has 0 atom stereocenters. The fraction of sp³-hybridized carbons (Fsp3) is 0.692. The molecule has 0 aliphatic carbocycles. The molecule has 0 unspecified atom stereocenters. The van der Waals surface area contributed by atoms with Crippen LogP contribution in [0.15, 0.2) is 11.4 Å². The van der Waals surface area contributed by atoms with Gasteiger partial charge in [-0.15, -0.1) is 0 Å². The number of aliphatic hydroxyl groups is 1. The largest absolute Gasteiger partial charge is 0.444 e. The van der Waals surface area contributed by atoms with Crippen molar-refractivity contribution in [2.24, 2.45) is 0 Å². The van der Waals surface area contributed by atoms with Gasteiger partial charge in [-0.2, -0.15) is 13.2 Å². The van der Waals surface area contributed by atoms with Crippen LogP contribution in [0.2, 0.25) is 0 Å². The second kappa shape index (κ2) is 6.99. The zero-order chi connectivity index (χ0) is 17.8. The summed E-state index contributed by atoms with van der Waals surface area (Å²) in [5.74, 6) is 0. The van der Waals surface area contributed by atoms with E-state index in [4.69, 9.17) is 10.1 Å². The lowest BCUT2D eigenvalue weighted by Crippen LogP contribution is -2.41. The number of halogens is 3. The first-order valence-corrected chi connectivity index (χ1v) is 6.44. The van der Waals surface area contributed by atoms with E-state index < -0.39 is 41.4 Å². The molecule has 0 aromatic carbocycles. The van der Waals surface area contributed by atoms with Crippen LogP contribution in [0.3, 0.4) is 0 Å². The Balaban J connectivity index is 5.35. The fourth-order valence-electron chi connectivity index (χ4n) is 1.24. The number of rotatable bonds is 5. The molecular weight excluding hydrogens is 303 g/mol. The maximum atomic E-state index is 13.0. The predicted octanol–water partition coefficient (Wildman–Crippen LogP) is 2.30. The van der Waals surface area contributed by atoms with E-state index in [2.05, 4.69) is 0 Å². The Morgan fingerprint density at radius 3 is 2.05 bits per heavy atom. The molecule has 6 nitrogen and oxygen atoms in total. The van der Waals surface area contributed by atoms with Crippen molar-refractivity contribution in [2.45, 2.75) is 52.0 Å². The number of nitrogens with one attached hydrogen (secondary N) is 3. The van der Waals surface area contributed by atoms with Crippen LogP contribution < -0.4 is 10.6 Å². The summed E-state index contributed by atoms with van der Waals surface area (Å²) in [6.45, 7) is 6.88. The molecule has 9 heteroatoms. The summed E-state index contributed by atoms with van der Waals surface area (Å²) in [5, 5.41) is 20.5. The predicted molar refractivity (Wildman–Crippen MR) is 75.5 cm³/mol. The highest BCUT2D eigenvalue weighted by molar-refractivity contribution is 5.84. The maximum Gasteiger partial charge on any atom is 0.433 e. The highest BCUT2D eigenvalue weighted by Crippen LogP contribution is 2.25. The number of allylic oxidation sites excluding steroid dienone is 2. The van der Waals surface area contributed by atoms with Gasteiger partial charge < -0.3 is 20.6 Å². The molecule has 0 bridgehead atoms. The number of alkyl halides is 3. The van der Waals surface area contributed by atoms with Crippen LogP contribution in [-0.4, -0.2) is 41.3 Å². The number of hydrogen-bond donors (Lipinski definition) is 4. The van der Waals surface area contributed by atoms with Crippen molar-refractivity contribution < 1.29 is 27.8 Å². The Morgan fingerprint density at radius 1 is 1.23 bits per heavy atom. The average Bonchev–Trinajstić information content (AvgIpc) is 2.21. The van der Waals surface area contributed by atoms with Crippen molar-refractivity contribution in [3.63, 3.8) is 0 Å². The van der Waals surface area contributed by atoms with E-state index in [0.29, 0.717) is 6.21 Å². The van der Waals surface area contributed by atoms with Crippen molar-refractivity contribution in [1.29, 1.82) is 5.41 Å². The van der Waals surface area contributed by atoms with Crippen LogP contribution in [0.1, 0.15) is 34.6 Å². The van der Waals surface area contributed by atoms with Crippen molar-refractivity contribution >= 4 is 12.3 Å². The lowest BCUT2D eigenvalue weighted by Gasteiger charge is -2.24. The van der Waals surface area contributed by atoms with Crippen LogP contribution in [0.5, 0.6) is 0 Å². The molecule has 0 aliphatic heterocycles. The Morgan fingerprint density at radius 2 is 1.73 bits per heavy atom. The average molecular weight is 325 g/mol. The normalized spacial score (nSPS) is 14.0. The highest BCUT2D eigenvalue weighted by Gasteiger charge is 2.37. The van der Waals surface area contributed by atoms with Gasteiger partial charge in [-0.1, -0.05) is 0 Å². The van der Waals surface area contributed by atoms with E-state index in [9.17, 15) is 23.1 Å². The molecule has 0 spiro atoms. The van der Waals surface area contributed by atoms with Crippen LogP contribution in [-0.2, 0) is 4.74 Å². The molecular formula is C13H22F3N3O3. The quantitative estimate of drug-likeness (QED) is 0.583. The van der Waals surface area contributed by atoms with Gasteiger partial charge in [0.15, 0.2) is 0 Å². The fourth-order valence-corrected chi connectivity index (χ4v) is 1.24. The summed E-state index contributed by atoms with van der Waals surface area (Å²) in [5.41, 5.74) is -4.44. The molecule has 0 rings (SSSR count). The molecule has 128 valence electrons. The molecule has 0 aromatic heterocycles. The molecule has 4 N–H and O–H groups in total. The third kappa shape index (κ3) is 8.50. The van der Waals surface area contributed by atoms with Gasteiger partial charge in [0.1, 0.15) is 11.3 Å². The smallest absolute Gasteiger partial charge is 0.433 e. The lowest BCUT2D eigenvalue weighted by molar-refractivity contribution is -0.0988. The van der Waals surface area contributed by atoms with Gasteiger partial charge in [-0.3, -0.25) is 5.32 Å². The number of ether oxygens (including phenoxy) is 1. The number of carbonyl (C=O) groups excluding carboxylic acids is 1. The first kappa shape index (κ1) is 20.2. The SMILES string of the molecule is CC(C)(O)CN/C(=C(\C=N)NC(=O)OC(C)(C)C)C(F)(F)F. The molecule has 0 saturated carbocycles. The summed E-state index contributed by atoms with van der Waals surface area (Å²) >= 11 is 0. The van der Waals surface area contributed by atoms with Crippen LogP contribution >= 0.6 is 0 Å². The minimum Gasteiger partial charge on any atom is -0.444 e. The second-order valence-electron chi connectivity index (χ2n) is 6.22. The van der Waals surface area contributed by atoms with Gasteiger partial charge in [-0.05, 0) is 34.6 Å². The minimum atomic E-state index is -4.84. The summed E-state index contributed by atoms with van der Waals surface area (Å²) in [4.78, 5) is 11.5. The molecule has 0 saturated heterocycles. The van der Waals surface area contributed by atoms with Crippen molar-refractivity contribution in [3.05, 3.63) is 11.4 Å². The number of hydrogen-bond acceptors (Lipinski definition) is 5. The van der Waals surface area contributed by atoms with E-state index in [1.807, 2.05) is 10.6 Å². The number of alkyl carbamates (subject to hydrolysis) is 1. The molecule has 0 aliphatic rings. The van der Waals surface area contributed by atoms with E-state index in [0.717, 1.165) is 0 Å². The van der Waals surface area contributed by atoms with E-state index >= 15 is 0 Å². The Labute approximate surface area is 127 Å². The highest BCUT2D eigenvalue weighted by atomic mass is 19.4. The van der Waals surface area contributed by atoms with Gasteiger partial charge in [0.05, 0.1) is 11.3 Å². The number of amides is 1. The molecule has 0 heterocycles. The van der Waals surface area contributed by atoms with Gasteiger partial charge in [-0.25, -0.2) is 4.79 Å². The Bertz CT molecular complexity index is 446. The van der Waals surface area contributed by atoms with E-state index in [1.54, 1.807) is 20.8 Å². The summed E-state index contributed by atoms with van der Waals surface area (Å²) in [6, 6.07) is 0. The van der Waals surface area contributed by atoms with Crippen LogP contribution in [0.4, 0.5) is 18.0 Å². The lowest BCUT2D eigenvalue weighted by atomic mass is 10.1. The molecule has 0 aromatic rings. The number of carbonyl (C=O) groups is 1. The summed E-state index contributed by atoms with van der Waals surface area (Å²) in [6.07, 6.45) is -5.60. The van der Waals surface area contributed by atoms with Gasteiger partial charge in [0, 0.05) is 12.8 Å². The standard InChI is InChI=1S/C13H22F3N3O3/c1-11(2,3)22-10(20)19-8(6-17)9(13(14,15)16)18-7-12(4,5)21/h6,17-18,21H,7H2,1-5H3,(H,19,20)/b9-8+,17-6?. The monoisotopic (exact) mass is 325 g/mol. The van der Waals surface area contributed by atoms with E-state index in [1.165, 1.54) is 13.8 Å². The molecule has 22 heavy (non-hydrogen) atoms. The van der Waals surface area contributed by atoms with Crippen molar-refractivity contribution in [1.82, 2.24) is 10.6 Å². The van der Waals surface area contributed by atoms with Gasteiger partial charge in [0.25, 0.3) is 0 Å². The third-order valence-corrected chi connectivity index (χ3v) is 2.03. The topological polar surface area (TPSA) is 94.4 Å². The van der Waals surface area contributed by atoms with E-state index in [-0.39, 0.29) is 0 Å². The molecule has 0 radical (unpaired) electrons. The third-order valence-electron chi connectivity index (χ3n) is 2.03. The van der Waals surface area contributed by atoms with Crippen molar-refractivity contribution in [3.8, 4) is 0 Å². The van der Waals surface area contributed by atoms with Gasteiger partial charge in [0.2, 0.25) is 0 Å². The second-order valence-corrected chi connectivity index (χ2v) is 6.22.